The number of hydrogen-bond acceptors (Lipinski definition) is 7. The number of hydrogen-bond donors (Lipinski definition) is 5. The van der Waals surface area contributed by atoms with Crippen LogP contribution in [-0.4, -0.2) is 59.0 Å². The Kier molecular flexibility index (Phi) is 32.7. The van der Waals surface area contributed by atoms with Crippen molar-refractivity contribution in [2.24, 2.45) is 5.73 Å². The van der Waals surface area contributed by atoms with E-state index in [0.717, 1.165) is 51.4 Å². The predicted molar refractivity (Wildman–Crippen MR) is 195 cm³/mol. The van der Waals surface area contributed by atoms with Crippen LogP contribution in [0.15, 0.2) is 24.3 Å². The number of rotatable bonds is 35. The zero-order chi connectivity index (χ0) is 34.9. The van der Waals surface area contributed by atoms with Crippen LogP contribution in [0.25, 0.3) is 0 Å². The molecule has 4 atom stereocenters. The van der Waals surface area contributed by atoms with Gasteiger partial charge in [0, 0.05) is 6.54 Å². The lowest BCUT2D eigenvalue weighted by Crippen LogP contribution is -2.46. The third-order valence-corrected chi connectivity index (χ3v) is 9.31. The Morgan fingerprint density at radius 2 is 1.19 bits per heavy atom. The van der Waals surface area contributed by atoms with E-state index in [2.05, 4.69) is 31.3 Å². The number of aliphatic hydroxyl groups is 2. The van der Waals surface area contributed by atoms with Crippen LogP contribution in [0.2, 0.25) is 0 Å². The summed E-state index contributed by atoms with van der Waals surface area (Å²) in [5.41, 5.74) is 5.34. The van der Waals surface area contributed by atoms with E-state index in [1.165, 1.54) is 89.9 Å². The fraction of sp³-hybridized carbons (Fsp3) is 0.865. The highest BCUT2D eigenvalue weighted by Gasteiger charge is 2.27. The van der Waals surface area contributed by atoms with Crippen molar-refractivity contribution in [2.75, 3.05) is 19.8 Å². The topological polar surface area (TPSA) is 151 Å². The number of nitrogens with one attached hydrogen (secondary N) is 1. The molecule has 0 spiro atoms. The minimum absolute atomic E-state index is 0.0479. The molecule has 0 fully saturated rings. The van der Waals surface area contributed by atoms with Crippen LogP contribution in [-0.2, 0) is 18.4 Å². The summed E-state index contributed by atoms with van der Waals surface area (Å²) in [5.74, 6) is -0.458. The van der Waals surface area contributed by atoms with E-state index >= 15 is 0 Å². The van der Waals surface area contributed by atoms with Crippen LogP contribution < -0.4 is 11.1 Å². The van der Waals surface area contributed by atoms with Gasteiger partial charge in [0.25, 0.3) is 0 Å². The number of phosphoric acid groups is 1. The number of unbranched alkanes of at least 4 members (excludes halogenated alkanes) is 19. The van der Waals surface area contributed by atoms with Crippen LogP contribution in [0, 0.1) is 0 Å². The summed E-state index contributed by atoms with van der Waals surface area (Å²) in [5, 5.41) is 23.9. The number of carbonyl (C=O) groups is 1. The van der Waals surface area contributed by atoms with Crippen molar-refractivity contribution in [3.63, 3.8) is 0 Å². The van der Waals surface area contributed by atoms with Gasteiger partial charge in [0.2, 0.25) is 5.91 Å². The molecule has 0 aliphatic carbocycles. The minimum Gasteiger partial charge on any atom is -0.393 e. The fourth-order valence-electron chi connectivity index (χ4n) is 5.40. The van der Waals surface area contributed by atoms with E-state index in [-0.39, 0.29) is 19.6 Å². The van der Waals surface area contributed by atoms with Gasteiger partial charge in [-0.15, -0.1) is 0 Å². The summed E-state index contributed by atoms with van der Waals surface area (Å²) in [6.07, 6.45) is 32.6. The van der Waals surface area contributed by atoms with Crippen LogP contribution in [0.5, 0.6) is 0 Å². The second-order valence-electron chi connectivity index (χ2n) is 13.0. The largest absolute Gasteiger partial charge is 0.472 e. The van der Waals surface area contributed by atoms with Crippen LogP contribution in [0.3, 0.4) is 0 Å². The molecule has 0 aromatic rings. The monoisotopic (exact) mass is 689 g/mol. The Labute approximate surface area is 288 Å². The van der Waals surface area contributed by atoms with Crippen molar-refractivity contribution < 1.29 is 33.5 Å². The van der Waals surface area contributed by atoms with Crippen LogP contribution in [0.4, 0.5) is 0 Å². The average Bonchev–Trinajstić information content (AvgIpc) is 3.04. The maximum Gasteiger partial charge on any atom is 0.472 e. The van der Waals surface area contributed by atoms with Gasteiger partial charge < -0.3 is 26.2 Å². The molecule has 47 heavy (non-hydrogen) atoms. The summed E-state index contributed by atoms with van der Waals surface area (Å²) in [6, 6.07) is -0.983. The number of allylic oxidation sites excluding steroid dienone is 3. The molecule has 1 amide bonds. The summed E-state index contributed by atoms with van der Waals surface area (Å²) >= 11 is 0. The van der Waals surface area contributed by atoms with E-state index in [0.29, 0.717) is 6.42 Å². The molecule has 0 bridgehead atoms. The lowest BCUT2D eigenvalue weighted by Gasteiger charge is -2.24. The Balaban J connectivity index is 4.46. The Bertz CT molecular complexity index is 812. The summed E-state index contributed by atoms with van der Waals surface area (Å²) in [6.45, 7) is 3.91. The SMILES string of the molecule is CCCCC/C=C\CCCCCC(O)CC(=O)NC(COP(=O)(O)OCCN)C(O)/C=C/CCCCCCCCCCCCCCC. The Morgan fingerprint density at radius 1 is 0.723 bits per heavy atom. The highest BCUT2D eigenvalue weighted by molar-refractivity contribution is 7.47. The van der Waals surface area contributed by atoms with Crippen molar-refractivity contribution in [2.45, 2.75) is 186 Å². The number of carbonyl (C=O) groups excluding carboxylic acids is 1. The van der Waals surface area contributed by atoms with E-state index in [1.54, 1.807) is 6.08 Å². The first-order chi connectivity index (χ1) is 22.8. The second kappa shape index (κ2) is 33.4. The molecule has 9 nitrogen and oxygen atoms in total. The number of phosphoric ester groups is 1. The molecule has 0 rings (SSSR count). The first-order valence-electron chi connectivity index (χ1n) is 19.0. The second-order valence-corrected chi connectivity index (χ2v) is 14.4. The van der Waals surface area contributed by atoms with Crippen molar-refractivity contribution in [1.29, 1.82) is 0 Å². The average molecular weight is 689 g/mol. The van der Waals surface area contributed by atoms with Gasteiger partial charge in [-0.3, -0.25) is 13.8 Å². The van der Waals surface area contributed by atoms with Crippen LogP contribution >= 0.6 is 7.82 Å². The maximum absolute atomic E-state index is 12.7. The quantitative estimate of drug-likeness (QED) is 0.0252. The normalized spacial score (nSPS) is 15.3. The van der Waals surface area contributed by atoms with E-state index < -0.39 is 38.6 Å². The first kappa shape index (κ1) is 45.9. The van der Waals surface area contributed by atoms with Crippen molar-refractivity contribution in [1.82, 2.24) is 5.32 Å². The number of nitrogens with two attached hydrogens (primary N) is 1. The summed E-state index contributed by atoms with van der Waals surface area (Å²) in [7, 11) is -4.39. The molecule has 278 valence electrons. The van der Waals surface area contributed by atoms with Crippen molar-refractivity contribution >= 4 is 13.7 Å². The van der Waals surface area contributed by atoms with Gasteiger partial charge in [-0.1, -0.05) is 141 Å². The van der Waals surface area contributed by atoms with Gasteiger partial charge in [0.1, 0.15) is 0 Å². The molecular weight excluding hydrogens is 615 g/mol. The van der Waals surface area contributed by atoms with E-state index in [4.69, 9.17) is 14.8 Å². The third kappa shape index (κ3) is 31.9. The summed E-state index contributed by atoms with van der Waals surface area (Å²) in [4.78, 5) is 22.6. The molecule has 10 heteroatoms. The van der Waals surface area contributed by atoms with Gasteiger partial charge in [-0.2, -0.15) is 0 Å². The third-order valence-electron chi connectivity index (χ3n) is 8.33. The lowest BCUT2D eigenvalue weighted by molar-refractivity contribution is -0.124. The molecule has 6 N–H and O–H groups in total. The van der Waals surface area contributed by atoms with Gasteiger partial charge in [-0.25, -0.2) is 4.57 Å². The molecule has 0 saturated carbocycles. The van der Waals surface area contributed by atoms with Crippen molar-refractivity contribution in [3.05, 3.63) is 24.3 Å². The molecular formula is C37H73N2O7P. The first-order valence-corrected chi connectivity index (χ1v) is 20.5. The highest BCUT2D eigenvalue weighted by Crippen LogP contribution is 2.43. The molecule has 0 aliphatic rings. The van der Waals surface area contributed by atoms with E-state index in [1.807, 2.05) is 6.08 Å². The molecule has 0 heterocycles. The lowest BCUT2D eigenvalue weighted by atomic mass is 10.0. The standard InChI is InChI=1S/C37H73N2O7P/c1-3-5-7-9-11-13-15-16-17-18-19-21-23-25-27-29-36(41)35(33-46-47(43,44)45-31-30-38)39-37(42)32-34(40)28-26-24-22-20-14-12-10-8-6-4-2/h12,14,27,29,34-36,40-41H,3-11,13,15-26,28,30-33,38H2,1-2H3,(H,39,42)(H,43,44)/b14-12-,29-27+. The van der Waals surface area contributed by atoms with Gasteiger partial charge >= 0.3 is 7.82 Å². The smallest absolute Gasteiger partial charge is 0.393 e. The fourth-order valence-corrected chi connectivity index (χ4v) is 6.16. The Morgan fingerprint density at radius 3 is 1.74 bits per heavy atom. The molecule has 0 aromatic carbocycles. The molecule has 0 aromatic heterocycles. The Hall–Kier alpha value is -1.06. The van der Waals surface area contributed by atoms with E-state index in [9.17, 15) is 24.5 Å². The minimum atomic E-state index is -4.39. The molecule has 4 unspecified atom stereocenters. The summed E-state index contributed by atoms with van der Waals surface area (Å²) < 4.78 is 22.0. The molecule has 0 aliphatic heterocycles. The van der Waals surface area contributed by atoms with Gasteiger partial charge in [0.15, 0.2) is 0 Å². The van der Waals surface area contributed by atoms with Crippen LogP contribution in [0.1, 0.15) is 168 Å². The van der Waals surface area contributed by atoms with Crippen molar-refractivity contribution in [3.8, 4) is 0 Å². The van der Waals surface area contributed by atoms with Gasteiger partial charge in [-0.05, 0) is 44.9 Å². The molecule has 0 saturated heterocycles. The highest BCUT2D eigenvalue weighted by atomic mass is 31.2. The zero-order valence-corrected chi connectivity index (χ0v) is 31.0. The zero-order valence-electron chi connectivity index (χ0n) is 30.1. The van der Waals surface area contributed by atoms with Gasteiger partial charge in [0.05, 0.1) is 37.9 Å². The number of amides is 1. The molecule has 0 radical (unpaired) electrons. The predicted octanol–water partition coefficient (Wildman–Crippen LogP) is 8.80. The maximum atomic E-state index is 12.7. The number of aliphatic hydroxyl groups excluding tert-OH is 2.